The summed E-state index contributed by atoms with van der Waals surface area (Å²) in [5.74, 6) is 2.10. The smallest absolute Gasteiger partial charge is 0.302 e. The average molecular weight is 604 g/mol. The Balaban J connectivity index is 1.13. The van der Waals surface area contributed by atoms with Crippen LogP contribution in [0.5, 0.6) is 0 Å². The maximum Gasteiger partial charge on any atom is 0.302 e. The Morgan fingerprint density at radius 2 is 1.77 bits per heavy atom. The zero-order valence-corrected chi connectivity index (χ0v) is 26.6. The number of ether oxygens (including phenoxy) is 4. The molecule has 2 saturated heterocycles. The number of hydrogen-bond donors (Lipinski definition) is 4. The second-order valence-electron chi connectivity index (χ2n) is 16.2. The summed E-state index contributed by atoms with van der Waals surface area (Å²) in [6, 6.07) is 0. The molecule has 0 aromatic carbocycles. The maximum atomic E-state index is 12.2. The molecule has 5 saturated carbocycles. The molecule has 13 atom stereocenters. The second kappa shape index (κ2) is 9.85. The number of hydrogen-bond acceptors (Lipinski definition) is 9. The van der Waals surface area contributed by atoms with Crippen molar-refractivity contribution in [1.82, 2.24) is 0 Å². The maximum absolute atomic E-state index is 12.2. The lowest BCUT2D eigenvalue weighted by Crippen LogP contribution is -2.60. The summed E-state index contributed by atoms with van der Waals surface area (Å²) >= 11 is 0. The van der Waals surface area contributed by atoms with Crippen molar-refractivity contribution in [2.24, 2.45) is 44.8 Å². The van der Waals surface area contributed by atoms with Crippen LogP contribution in [0, 0.1) is 63.0 Å². The molecule has 0 amide bonds. The molecule has 0 aromatic heterocycles. The fraction of sp³-hybridized carbons (Fsp3) is 0.882. The zero-order chi connectivity index (χ0) is 30.9. The van der Waals surface area contributed by atoms with Gasteiger partial charge >= 0.3 is 5.97 Å². The fourth-order valence-electron chi connectivity index (χ4n) is 12.1. The van der Waals surface area contributed by atoms with Crippen molar-refractivity contribution in [2.45, 2.75) is 130 Å². The third kappa shape index (κ3) is 3.91. The lowest BCUT2D eigenvalue weighted by molar-refractivity contribution is -0.301. The second-order valence-corrected chi connectivity index (χ2v) is 16.2. The summed E-state index contributed by atoms with van der Waals surface area (Å²) in [5, 5.41) is 42.9. The third-order valence-corrected chi connectivity index (χ3v) is 14.2. The van der Waals surface area contributed by atoms with Crippen molar-refractivity contribution < 1.29 is 44.2 Å². The molecule has 7 fully saturated rings. The number of esters is 1. The molecular weight excluding hydrogens is 552 g/mol. The summed E-state index contributed by atoms with van der Waals surface area (Å²) < 4.78 is 23.8. The Hall–Kier alpha value is -0.810. The minimum atomic E-state index is -1.29. The van der Waals surface area contributed by atoms with Crippen molar-refractivity contribution in [3.63, 3.8) is 0 Å². The fourth-order valence-corrected chi connectivity index (χ4v) is 12.1. The van der Waals surface area contributed by atoms with Gasteiger partial charge in [0.05, 0.1) is 18.8 Å². The summed E-state index contributed by atoms with van der Waals surface area (Å²) in [6.45, 7) is 13.0. The van der Waals surface area contributed by atoms with Crippen LogP contribution in [0.4, 0.5) is 0 Å². The molecule has 43 heavy (non-hydrogen) atoms. The molecule has 3 radical (unpaired) electrons. The number of carbonyl (C=O) groups excluding carboxylic acids is 1. The van der Waals surface area contributed by atoms with Gasteiger partial charge in [0.15, 0.2) is 6.29 Å². The molecule has 7 rings (SSSR count). The van der Waals surface area contributed by atoms with E-state index in [1.54, 1.807) is 5.92 Å². The van der Waals surface area contributed by atoms with Crippen molar-refractivity contribution in [3.8, 4) is 0 Å². The van der Waals surface area contributed by atoms with Crippen LogP contribution in [0.2, 0.25) is 0 Å². The Bertz CT molecular complexity index is 1130. The number of carbonyl (C=O) groups is 1. The van der Waals surface area contributed by atoms with Crippen LogP contribution in [0.15, 0.2) is 0 Å². The molecule has 241 valence electrons. The van der Waals surface area contributed by atoms with Gasteiger partial charge in [-0.15, -0.1) is 0 Å². The first kappa shape index (κ1) is 30.8. The molecule has 9 nitrogen and oxygen atoms in total. The molecule has 2 heterocycles. The Morgan fingerprint density at radius 1 is 1.02 bits per heavy atom. The lowest BCUT2D eigenvalue weighted by atomic mass is 9.41. The lowest BCUT2D eigenvalue weighted by Gasteiger charge is -2.63. The van der Waals surface area contributed by atoms with E-state index in [-0.39, 0.29) is 58.3 Å². The van der Waals surface area contributed by atoms with Crippen molar-refractivity contribution >= 4 is 5.97 Å². The summed E-state index contributed by atoms with van der Waals surface area (Å²) in [6.07, 6.45) is 3.98. The highest BCUT2D eigenvalue weighted by Gasteiger charge is 2.85. The molecule has 9 heteroatoms. The van der Waals surface area contributed by atoms with Gasteiger partial charge in [-0.1, -0.05) is 34.6 Å². The van der Waals surface area contributed by atoms with Crippen LogP contribution in [0.1, 0.15) is 92.9 Å². The van der Waals surface area contributed by atoms with E-state index >= 15 is 0 Å². The highest BCUT2D eigenvalue weighted by molar-refractivity contribution is 5.66. The van der Waals surface area contributed by atoms with Crippen LogP contribution in [-0.2, 0) is 23.7 Å². The molecule has 1 unspecified atom stereocenters. The van der Waals surface area contributed by atoms with Crippen molar-refractivity contribution in [1.29, 1.82) is 0 Å². The Kier molecular flexibility index (Phi) is 7.06. The molecule has 2 spiro atoms. The number of rotatable bonds is 4. The van der Waals surface area contributed by atoms with Crippen LogP contribution in [0.3, 0.4) is 0 Å². The van der Waals surface area contributed by atoms with Gasteiger partial charge in [0.2, 0.25) is 0 Å². The SMILES string of the molecule is CC(=O)OC[C]1C[C@@H](C)[C@H]2[C](O1)[C@H](O)[C@@]1(C)[C]3CC[C@H]4C(C)(C)C(O[C@@H]5OC[C@@H](O)[C@H](O)[C@H]5O)CC[C@@]45C[C@@]35CC[C@]21C. The molecule has 2 aliphatic heterocycles. The predicted molar refractivity (Wildman–Crippen MR) is 154 cm³/mol. The van der Waals surface area contributed by atoms with Gasteiger partial charge < -0.3 is 39.4 Å². The first-order valence-electron chi connectivity index (χ1n) is 16.5. The summed E-state index contributed by atoms with van der Waals surface area (Å²) in [7, 11) is 0. The van der Waals surface area contributed by atoms with Crippen LogP contribution >= 0.6 is 0 Å². The normalized spacial score (nSPS) is 54.5. The van der Waals surface area contributed by atoms with E-state index in [1.165, 1.54) is 6.92 Å². The minimum absolute atomic E-state index is 0.0597. The van der Waals surface area contributed by atoms with Gasteiger partial charge in [0.25, 0.3) is 0 Å². The predicted octanol–water partition coefficient (Wildman–Crippen LogP) is 3.47. The highest BCUT2D eigenvalue weighted by atomic mass is 16.7. The third-order valence-electron chi connectivity index (χ3n) is 14.2. The van der Waals surface area contributed by atoms with E-state index < -0.39 is 30.7 Å². The van der Waals surface area contributed by atoms with E-state index in [9.17, 15) is 25.2 Å². The number of aliphatic hydroxyl groups excluding tert-OH is 4. The first-order chi connectivity index (χ1) is 20.1. The molecule has 0 bridgehead atoms. The molecular formula is C34H51O9. The van der Waals surface area contributed by atoms with E-state index in [4.69, 9.17) is 18.9 Å². The monoisotopic (exact) mass is 603 g/mol. The van der Waals surface area contributed by atoms with Gasteiger partial charge in [0.1, 0.15) is 37.1 Å². The van der Waals surface area contributed by atoms with E-state index in [2.05, 4.69) is 34.6 Å². The van der Waals surface area contributed by atoms with E-state index in [0.29, 0.717) is 11.8 Å². The average Bonchev–Trinajstić information content (AvgIpc) is 3.58. The summed E-state index contributed by atoms with van der Waals surface area (Å²) in [4.78, 5) is 11.5. The van der Waals surface area contributed by atoms with E-state index in [0.717, 1.165) is 63.6 Å². The van der Waals surface area contributed by atoms with E-state index in [1.807, 2.05) is 0 Å². The van der Waals surface area contributed by atoms with Crippen molar-refractivity contribution in [3.05, 3.63) is 18.1 Å². The number of fused-ring (bicyclic) bond motifs is 4. The van der Waals surface area contributed by atoms with Crippen molar-refractivity contribution in [2.75, 3.05) is 13.2 Å². The standard InChI is InChI=1S/C34H51O9/c1-17-13-19(14-40-18(2)35)42-27-24(17)31(5)11-12-34-16-33(34)10-9-23(43-29-26(38)25(37)20(36)15-41-29)30(3,4)21(33)7-8-22(34)32(31,6)28(27)39/h17,20-21,23-26,28-29,36-39H,7-16H2,1-6H3/t17-,20-,21+,23?,24+,25+,26-,28+,29+,31-,32-,33-,34+/m1/s1. The van der Waals surface area contributed by atoms with Gasteiger partial charge in [-0.2, -0.15) is 0 Å². The van der Waals surface area contributed by atoms with Gasteiger partial charge in [-0.25, -0.2) is 0 Å². The molecule has 7 aliphatic rings. The van der Waals surface area contributed by atoms with Gasteiger partial charge in [-0.3, -0.25) is 4.79 Å². The van der Waals surface area contributed by atoms with Gasteiger partial charge in [0, 0.05) is 18.3 Å². The Morgan fingerprint density at radius 3 is 2.49 bits per heavy atom. The van der Waals surface area contributed by atoms with Crippen LogP contribution < -0.4 is 0 Å². The van der Waals surface area contributed by atoms with Crippen LogP contribution in [0.25, 0.3) is 0 Å². The van der Waals surface area contributed by atoms with Gasteiger partial charge in [-0.05, 0) is 90.8 Å². The molecule has 5 aliphatic carbocycles. The van der Waals surface area contributed by atoms with Crippen LogP contribution in [-0.4, -0.2) is 76.4 Å². The number of aliphatic hydroxyl groups is 4. The topological polar surface area (TPSA) is 135 Å². The minimum Gasteiger partial charge on any atom is -0.463 e. The Labute approximate surface area is 256 Å². The molecule has 0 aromatic rings. The largest absolute Gasteiger partial charge is 0.463 e. The highest BCUT2D eigenvalue weighted by Crippen LogP contribution is 2.90. The molecule has 4 N–H and O–H groups in total. The zero-order valence-electron chi connectivity index (χ0n) is 26.6. The quantitative estimate of drug-likeness (QED) is 0.281. The summed E-state index contributed by atoms with van der Waals surface area (Å²) in [5.41, 5.74) is -0.391. The first-order valence-corrected chi connectivity index (χ1v) is 16.5.